The van der Waals surface area contributed by atoms with Crippen LogP contribution >= 0.6 is 0 Å². The van der Waals surface area contributed by atoms with Crippen LogP contribution in [0.3, 0.4) is 0 Å². The average molecular weight is 436 g/mol. The summed E-state index contributed by atoms with van der Waals surface area (Å²) in [5, 5.41) is 2.86. The molecule has 3 aromatic rings. The van der Waals surface area contributed by atoms with Crippen LogP contribution in [0.5, 0.6) is 17.2 Å². The number of nitrogens with two attached hydrogens (primary N) is 1. The van der Waals surface area contributed by atoms with Gasteiger partial charge in [-0.2, -0.15) is 0 Å². The Morgan fingerprint density at radius 3 is 2.47 bits per heavy atom. The number of amides is 1. The number of benzene rings is 2. The van der Waals surface area contributed by atoms with Gasteiger partial charge in [0.15, 0.2) is 11.5 Å². The van der Waals surface area contributed by atoms with E-state index in [9.17, 15) is 4.79 Å². The number of methoxy groups -OCH3 is 1. The summed E-state index contributed by atoms with van der Waals surface area (Å²) in [6.45, 7) is 3.48. The third-order valence-corrected chi connectivity index (χ3v) is 4.73. The van der Waals surface area contributed by atoms with Crippen LogP contribution in [-0.4, -0.2) is 24.6 Å². The lowest BCUT2D eigenvalue weighted by molar-refractivity contribution is 0.0951. The molecule has 0 fully saturated rings. The van der Waals surface area contributed by atoms with Gasteiger partial charge in [-0.3, -0.25) is 4.79 Å². The van der Waals surface area contributed by atoms with Crippen LogP contribution in [0.4, 0.5) is 5.82 Å². The molecule has 0 bridgehead atoms. The summed E-state index contributed by atoms with van der Waals surface area (Å²) in [5.41, 5.74) is 7.86. The summed E-state index contributed by atoms with van der Waals surface area (Å²) in [7, 11) is 1.58. The molecule has 0 atom stereocenters. The molecule has 32 heavy (non-hydrogen) atoms. The SMILES string of the molecule is CCCCOc1ccccc1Oc1ccc(CNC(=O)c2ccc(COC)nc2N)cc1. The molecule has 1 amide bonds. The minimum absolute atomic E-state index is 0.181. The first-order valence-corrected chi connectivity index (χ1v) is 10.6. The van der Waals surface area contributed by atoms with E-state index in [-0.39, 0.29) is 11.7 Å². The molecule has 0 saturated carbocycles. The molecule has 0 spiro atoms. The standard InChI is InChI=1S/C25H29N3O4/c1-3-4-15-31-22-7-5-6-8-23(22)32-20-12-9-18(10-13-20)16-27-25(29)21-14-11-19(17-30-2)28-24(21)26/h5-14H,3-4,15-17H2,1-2H3,(H2,26,28)(H,27,29). The highest BCUT2D eigenvalue weighted by Gasteiger charge is 2.12. The van der Waals surface area contributed by atoms with Crippen molar-refractivity contribution < 1.29 is 19.0 Å². The van der Waals surface area contributed by atoms with E-state index in [4.69, 9.17) is 19.9 Å². The molecule has 0 aliphatic rings. The number of hydrogen-bond acceptors (Lipinski definition) is 6. The molecule has 0 aliphatic heterocycles. The number of anilines is 1. The predicted octanol–water partition coefficient (Wildman–Crippen LogP) is 4.71. The Balaban J connectivity index is 1.57. The number of unbranched alkanes of at least 4 members (excludes halogenated alkanes) is 1. The Labute approximate surface area is 188 Å². The van der Waals surface area contributed by atoms with Crippen LogP contribution in [0.1, 0.15) is 41.4 Å². The number of pyridine rings is 1. The Bertz CT molecular complexity index is 1020. The van der Waals surface area contributed by atoms with Gasteiger partial charge in [0.25, 0.3) is 5.91 Å². The van der Waals surface area contributed by atoms with Gasteiger partial charge < -0.3 is 25.3 Å². The summed E-state index contributed by atoms with van der Waals surface area (Å²) in [5.74, 6) is 1.98. The van der Waals surface area contributed by atoms with Gasteiger partial charge in [0.05, 0.1) is 24.5 Å². The Hall–Kier alpha value is -3.58. The van der Waals surface area contributed by atoms with Crippen molar-refractivity contribution in [1.82, 2.24) is 10.3 Å². The second-order valence-corrected chi connectivity index (χ2v) is 7.25. The molecular formula is C25H29N3O4. The fraction of sp³-hybridized carbons (Fsp3) is 0.280. The second-order valence-electron chi connectivity index (χ2n) is 7.25. The maximum atomic E-state index is 12.5. The normalized spacial score (nSPS) is 10.6. The van der Waals surface area contributed by atoms with Crippen molar-refractivity contribution in [2.45, 2.75) is 32.9 Å². The molecule has 3 rings (SSSR count). The smallest absolute Gasteiger partial charge is 0.255 e. The Kier molecular flexibility index (Phi) is 8.45. The molecule has 3 N–H and O–H groups in total. The predicted molar refractivity (Wildman–Crippen MR) is 124 cm³/mol. The van der Waals surface area contributed by atoms with E-state index in [0.717, 1.165) is 24.2 Å². The summed E-state index contributed by atoms with van der Waals surface area (Å²) in [6, 6.07) is 18.5. The van der Waals surface area contributed by atoms with Crippen LogP contribution in [0, 0.1) is 0 Å². The minimum atomic E-state index is -0.280. The molecule has 0 unspecified atom stereocenters. The number of nitrogens with zero attached hydrogens (tertiary/aromatic N) is 1. The number of carbonyl (C=O) groups is 1. The van der Waals surface area contributed by atoms with Crippen LogP contribution in [0.2, 0.25) is 0 Å². The Morgan fingerprint density at radius 2 is 1.78 bits per heavy atom. The number of rotatable bonds is 11. The van der Waals surface area contributed by atoms with Crippen molar-refractivity contribution in [3.05, 3.63) is 77.5 Å². The van der Waals surface area contributed by atoms with Crippen molar-refractivity contribution in [3.8, 4) is 17.2 Å². The molecule has 7 heteroatoms. The summed E-state index contributed by atoms with van der Waals surface area (Å²) < 4.78 is 16.8. The van der Waals surface area contributed by atoms with Gasteiger partial charge in [-0.1, -0.05) is 37.6 Å². The molecule has 0 saturated heterocycles. The minimum Gasteiger partial charge on any atom is -0.490 e. The zero-order valence-corrected chi connectivity index (χ0v) is 18.5. The van der Waals surface area contributed by atoms with Crippen LogP contribution in [0.15, 0.2) is 60.7 Å². The second kappa shape index (κ2) is 11.7. The van der Waals surface area contributed by atoms with Crippen molar-refractivity contribution in [2.24, 2.45) is 0 Å². The molecule has 0 aliphatic carbocycles. The van der Waals surface area contributed by atoms with Crippen molar-refractivity contribution in [3.63, 3.8) is 0 Å². The summed E-state index contributed by atoms with van der Waals surface area (Å²) >= 11 is 0. The van der Waals surface area contributed by atoms with E-state index < -0.39 is 0 Å². The van der Waals surface area contributed by atoms with E-state index in [2.05, 4.69) is 17.2 Å². The number of para-hydroxylation sites is 2. The number of carbonyl (C=O) groups excluding carboxylic acids is 1. The fourth-order valence-corrected chi connectivity index (χ4v) is 3.00. The quantitative estimate of drug-likeness (QED) is 0.424. The Morgan fingerprint density at radius 1 is 1.03 bits per heavy atom. The molecule has 7 nitrogen and oxygen atoms in total. The maximum Gasteiger partial charge on any atom is 0.255 e. The molecule has 0 radical (unpaired) electrons. The van der Waals surface area contributed by atoms with Gasteiger partial charge in [0.1, 0.15) is 11.6 Å². The zero-order chi connectivity index (χ0) is 22.8. The lowest BCUT2D eigenvalue weighted by Gasteiger charge is -2.13. The zero-order valence-electron chi connectivity index (χ0n) is 18.5. The van der Waals surface area contributed by atoms with E-state index in [0.29, 0.717) is 42.5 Å². The highest BCUT2D eigenvalue weighted by atomic mass is 16.5. The van der Waals surface area contributed by atoms with Crippen molar-refractivity contribution in [1.29, 1.82) is 0 Å². The number of nitrogens with one attached hydrogen (secondary N) is 1. The lowest BCUT2D eigenvalue weighted by Crippen LogP contribution is -2.24. The third-order valence-electron chi connectivity index (χ3n) is 4.73. The largest absolute Gasteiger partial charge is 0.490 e. The number of ether oxygens (including phenoxy) is 3. The van der Waals surface area contributed by atoms with Crippen molar-refractivity contribution >= 4 is 11.7 Å². The van der Waals surface area contributed by atoms with Crippen LogP contribution < -0.4 is 20.5 Å². The molecule has 1 heterocycles. The maximum absolute atomic E-state index is 12.5. The monoisotopic (exact) mass is 435 g/mol. The first-order chi connectivity index (χ1) is 15.6. The molecule has 168 valence electrons. The molecule has 1 aromatic heterocycles. The fourth-order valence-electron chi connectivity index (χ4n) is 3.00. The van der Waals surface area contributed by atoms with Gasteiger partial charge >= 0.3 is 0 Å². The van der Waals surface area contributed by atoms with Crippen LogP contribution in [0.25, 0.3) is 0 Å². The van der Waals surface area contributed by atoms with Gasteiger partial charge in [0.2, 0.25) is 0 Å². The highest BCUT2D eigenvalue weighted by molar-refractivity contribution is 5.98. The van der Waals surface area contributed by atoms with Crippen molar-refractivity contribution in [2.75, 3.05) is 19.5 Å². The molecular weight excluding hydrogens is 406 g/mol. The first-order valence-electron chi connectivity index (χ1n) is 10.6. The third kappa shape index (κ3) is 6.46. The number of aromatic nitrogens is 1. The number of hydrogen-bond donors (Lipinski definition) is 2. The van der Waals surface area contributed by atoms with E-state index in [1.54, 1.807) is 19.2 Å². The van der Waals surface area contributed by atoms with Gasteiger partial charge in [0, 0.05) is 13.7 Å². The van der Waals surface area contributed by atoms with Crippen LogP contribution in [-0.2, 0) is 17.9 Å². The van der Waals surface area contributed by atoms with E-state index in [1.165, 1.54) is 0 Å². The van der Waals surface area contributed by atoms with Gasteiger partial charge in [-0.15, -0.1) is 0 Å². The summed E-state index contributed by atoms with van der Waals surface area (Å²) in [4.78, 5) is 16.6. The average Bonchev–Trinajstić information content (AvgIpc) is 2.80. The highest BCUT2D eigenvalue weighted by Crippen LogP contribution is 2.31. The van der Waals surface area contributed by atoms with E-state index in [1.807, 2.05) is 48.5 Å². The lowest BCUT2D eigenvalue weighted by atomic mass is 10.2. The van der Waals surface area contributed by atoms with Gasteiger partial charge in [-0.05, 0) is 48.4 Å². The topological polar surface area (TPSA) is 95.7 Å². The first kappa shape index (κ1) is 23.1. The van der Waals surface area contributed by atoms with Gasteiger partial charge in [-0.25, -0.2) is 4.98 Å². The summed E-state index contributed by atoms with van der Waals surface area (Å²) in [6.07, 6.45) is 2.07. The number of nitrogen functional groups attached to an aromatic ring is 1. The molecule has 2 aromatic carbocycles. The van der Waals surface area contributed by atoms with E-state index >= 15 is 0 Å².